The number of rotatable bonds is 9. The van der Waals surface area contributed by atoms with Crippen LogP contribution in [-0.4, -0.2) is 56.9 Å². The molecule has 4 heterocycles. The molecule has 0 radical (unpaired) electrons. The van der Waals surface area contributed by atoms with Crippen molar-refractivity contribution in [3.8, 4) is 0 Å². The lowest BCUT2D eigenvalue weighted by Crippen LogP contribution is -2.20. The Morgan fingerprint density at radius 1 is 1.19 bits per heavy atom. The van der Waals surface area contributed by atoms with Crippen LogP contribution in [0.2, 0.25) is 0 Å². The van der Waals surface area contributed by atoms with Gasteiger partial charge in [0.2, 0.25) is 5.95 Å². The molecule has 3 aromatic rings. The largest absolute Gasteiger partial charge is 0.465 e. The zero-order valence-corrected chi connectivity index (χ0v) is 26.7. The molecule has 0 bridgehead atoms. The first kappa shape index (κ1) is 33.4. The molecule has 1 aliphatic carbocycles. The Balaban J connectivity index is 0.000000541. The number of thiazole rings is 1. The first-order valence-electron chi connectivity index (χ1n) is 14.6. The number of aromatic nitrogens is 3. The Kier molecular flexibility index (Phi) is 12.7. The maximum atomic E-state index is 9.57. The highest BCUT2D eigenvalue weighted by atomic mass is 32.1. The van der Waals surface area contributed by atoms with Gasteiger partial charge >= 0.3 is 0 Å². The van der Waals surface area contributed by atoms with Gasteiger partial charge in [-0.2, -0.15) is 4.98 Å². The number of aryl methyl sites for hydroxylation is 1. The lowest BCUT2D eigenvalue weighted by molar-refractivity contribution is -0.155. The van der Waals surface area contributed by atoms with E-state index in [-0.39, 0.29) is 12.6 Å². The van der Waals surface area contributed by atoms with E-state index in [1.807, 2.05) is 39.3 Å². The van der Waals surface area contributed by atoms with Gasteiger partial charge in [0.1, 0.15) is 22.3 Å². The number of fused-ring (bicyclic) bond motifs is 1. The van der Waals surface area contributed by atoms with Gasteiger partial charge in [0.25, 0.3) is 0 Å². The molecule has 1 aliphatic heterocycles. The highest BCUT2D eigenvalue weighted by Gasteiger charge is 2.26. The molecular weight excluding hydrogens is 552 g/mol. The summed E-state index contributed by atoms with van der Waals surface area (Å²) in [5, 5.41) is 28.1. The van der Waals surface area contributed by atoms with Crippen molar-refractivity contribution in [1.82, 2.24) is 15.0 Å². The summed E-state index contributed by atoms with van der Waals surface area (Å²) in [4.78, 5) is 18.3. The molecule has 2 atom stereocenters. The molecule has 1 saturated carbocycles. The molecule has 11 heteroatoms. The van der Waals surface area contributed by atoms with Gasteiger partial charge in [0.05, 0.1) is 6.54 Å². The van der Waals surface area contributed by atoms with Gasteiger partial charge in [-0.1, -0.05) is 13.8 Å². The van der Waals surface area contributed by atoms with Gasteiger partial charge in [-0.15, -0.1) is 11.3 Å². The zero-order valence-electron chi connectivity index (χ0n) is 25.9. The quantitative estimate of drug-likeness (QED) is 0.219. The van der Waals surface area contributed by atoms with Crippen LogP contribution in [0.4, 0.5) is 11.8 Å². The minimum Gasteiger partial charge on any atom is -0.465 e. The molecule has 10 nitrogen and oxygen atoms in total. The Morgan fingerprint density at radius 3 is 2.60 bits per heavy atom. The number of aliphatic hydroxyl groups excluding tert-OH is 1. The molecule has 1 fully saturated rings. The number of methoxy groups -OCH3 is 1. The second-order valence-electron chi connectivity index (χ2n) is 10.7. The third kappa shape index (κ3) is 10.0. The number of allylic oxidation sites excluding steroid dienone is 1. The number of nitrogens with zero attached hydrogens (tertiary/aromatic N) is 4. The van der Waals surface area contributed by atoms with E-state index in [4.69, 9.17) is 19.5 Å². The normalized spacial score (nSPS) is 17.7. The number of hydrogen-bond donors (Lipinski definition) is 4. The number of anilines is 2. The summed E-state index contributed by atoms with van der Waals surface area (Å²) in [6, 6.07) is 2.38. The predicted octanol–water partition coefficient (Wildman–Crippen LogP) is 5.99. The van der Waals surface area contributed by atoms with Crippen LogP contribution in [0.5, 0.6) is 0 Å². The van der Waals surface area contributed by atoms with Crippen molar-refractivity contribution in [2.24, 2.45) is 10.9 Å². The van der Waals surface area contributed by atoms with E-state index in [0.717, 1.165) is 64.1 Å². The number of hydrogen-bond acceptors (Lipinski definition) is 11. The van der Waals surface area contributed by atoms with Crippen LogP contribution < -0.4 is 10.6 Å². The minimum atomic E-state index is -0.958. The van der Waals surface area contributed by atoms with Crippen molar-refractivity contribution < 1.29 is 19.4 Å². The molecular formula is C31H46N6O4S. The smallest absolute Gasteiger partial charge is 0.225 e. The molecule has 3 aromatic heterocycles. The van der Waals surface area contributed by atoms with E-state index < -0.39 is 5.79 Å². The molecule has 0 amide bonds. The Hall–Kier alpha value is -3.12. The molecule has 0 spiro atoms. The zero-order chi connectivity index (χ0) is 30.7. The van der Waals surface area contributed by atoms with Crippen LogP contribution in [0.25, 0.3) is 6.08 Å². The fraction of sp³-hybridized carbons (Fsp3) is 0.548. The van der Waals surface area contributed by atoms with Gasteiger partial charge in [-0.3, -0.25) is 4.99 Å². The van der Waals surface area contributed by atoms with Crippen LogP contribution in [0.1, 0.15) is 87.2 Å². The summed E-state index contributed by atoms with van der Waals surface area (Å²) in [6.45, 7) is 12.0. The Morgan fingerprint density at radius 2 is 1.95 bits per heavy atom. The molecule has 2 unspecified atom stereocenters. The molecule has 230 valence electrons. The number of aliphatic hydroxyl groups is 2. The van der Waals surface area contributed by atoms with E-state index in [9.17, 15) is 5.11 Å². The van der Waals surface area contributed by atoms with E-state index in [1.54, 1.807) is 31.4 Å². The third-order valence-corrected chi connectivity index (χ3v) is 7.69. The second-order valence-corrected chi connectivity index (χ2v) is 11.6. The molecule has 2 aliphatic rings. The van der Waals surface area contributed by atoms with Crippen LogP contribution in [0.3, 0.4) is 0 Å². The fourth-order valence-electron chi connectivity index (χ4n) is 4.64. The number of furan rings is 1. The topological polar surface area (TPSA) is 138 Å². The predicted molar refractivity (Wildman–Crippen MR) is 170 cm³/mol. The van der Waals surface area contributed by atoms with Gasteiger partial charge < -0.3 is 30.0 Å². The van der Waals surface area contributed by atoms with Gasteiger partial charge in [0.15, 0.2) is 5.79 Å². The number of nitrogens with one attached hydrogen (secondary N) is 2. The lowest BCUT2D eigenvalue weighted by atomic mass is 10.1. The highest BCUT2D eigenvalue weighted by molar-refractivity contribution is 7.09. The summed E-state index contributed by atoms with van der Waals surface area (Å²) < 4.78 is 10.7. The third-order valence-electron chi connectivity index (χ3n) is 6.91. The van der Waals surface area contributed by atoms with Crippen LogP contribution in [0.15, 0.2) is 32.7 Å². The Labute approximate surface area is 253 Å². The fourth-order valence-corrected chi connectivity index (χ4v) is 5.20. The monoisotopic (exact) mass is 598 g/mol. The first-order valence-corrected chi connectivity index (χ1v) is 15.5. The maximum absolute atomic E-state index is 9.57. The minimum absolute atomic E-state index is 0.239. The number of aliphatic imine (C=N–C) groups is 1. The van der Waals surface area contributed by atoms with E-state index in [2.05, 4.69) is 37.5 Å². The summed E-state index contributed by atoms with van der Waals surface area (Å²) in [7, 11) is 1.46. The van der Waals surface area contributed by atoms with Crippen LogP contribution in [0, 0.1) is 12.8 Å². The summed E-state index contributed by atoms with van der Waals surface area (Å²) >= 11 is 1.60. The average molecular weight is 599 g/mol. The second kappa shape index (κ2) is 15.9. The standard InChI is InChI=1S/C25H30N6O2S.C4H10O2.C2H6/c1-15-9-18-11-20(33-22(18)5-6-26-15)12-21-16(2)29-25(28-13-23-27-7-8-34-23)31-24(21)30-19-4-3-17(10-19)14-32;1-4(2,5)6-3;1-2/h6-9,11,17,19,32H,3-5,10,12-14H2,1-2H3,(H2,28,29,30,31);5H,1-3H3;1-2H3. The van der Waals surface area contributed by atoms with Crippen LogP contribution >= 0.6 is 11.3 Å². The van der Waals surface area contributed by atoms with Crippen molar-refractivity contribution >= 4 is 35.4 Å². The van der Waals surface area contributed by atoms with Crippen molar-refractivity contribution in [3.05, 3.63) is 56.7 Å². The summed E-state index contributed by atoms with van der Waals surface area (Å²) in [5.74, 6) is 2.64. The first-order chi connectivity index (χ1) is 20.1. The SMILES string of the molecule is CC.CC1=Cc2cc(Cc3c(C)nc(NCc4nccs4)nc3NC3CCC(CO)C3)oc2CC=N1.COC(C)(C)O. The van der Waals surface area contributed by atoms with Crippen molar-refractivity contribution in [1.29, 1.82) is 0 Å². The van der Waals surface area contributed by atoms with E-state index >= 15 is 0 Å². The molecule has 4 N–H and O–H groups in total. The maximum Gasteiger partial charge on any atom is 0.225 e. The van der Waals surface area contributed by atoms with Gasteiger partial charge in [-0.25, -0.2) is 9.97 Å². The lowest BCUT2D eigenvalue weighted by Gasteiger charge is -2.19. The van der Waals surface area contributed by atoms with Crippen molar-refractivity contribution in [2.45, 2.75) is 92.0 Å². The summed E-state index contributed by atoms with van der Waals surface area (Å²) in [6.07, 6.45) is 10.0. The van der Waals surface area contributed by atoms with Crippen LogP contribution in [-0.2, 0) is 24.1 Å². The highest BCUT2D eigenvalue weighted by Crippen LogP contribution is 2.31. The molecule has 0 aromatic carbocycles. The van der Waals surface area contributed by atoms with Gasteiger partial charge in [-0.05, 0) is 65.0 Å². The van der Waals surface area contributed by atoms with E-state index in [0.29, 0.717) is 31.3 Å². The van der Waals surface area contributed by atoms with E-state index in [1.165, 1.54) is 7.11 Å². The van der Waals surface area contributed by atoms with Crippen molar-refractivity contribution in [3.63, 3.8) is 0 Å². The molecule has 0 saturated heterocycles. The number of ether oxygens (including phenoxy) is 1. The molecule has 42 heavy (non-hydrogen) atoms. The Bertz CT molecular complexity index is 1310. The van der Waals surface area contributed by atoms with Gasteiger partial charge in [0, 0.05) is 72.9 Å². The average Bonchev–Trinajstić information content (AvgIpc) is 3.71. The van der Waals surface area contributed by atoms with Crippen molar-refractivity contribution in [2.75, 3.05) is 24.4 Å². The summed E-state index contributed by atoms with van der Waals surface area (Å²) in [5.41, 5.74) is 4.01. The molecule has 5 rings (SSSR count).